The Balaban J connectivity index is 1.23. The van der Waals surface area contributed by atoms with Gasteiger partial charge in [-0.1, -0.05) is 39.3 Å². The number of fused-ring (bicyclic) bond motifs is 7. The van der Waals surface area contributed by atoms with Crippen LogP contribution in [0.3, 0.4) is 0 Å². The molecule has 7 aliphatic rings. The van der Waals surface area contributed by atoms with Gasteiger partial charge in [-0.25, -0.2) is 0 Å². The van der Waals surface area contributed by atoms with Gasteiger partial charge < -0.3 is 70.0 Å². The SMILES string of the molecule is CC(=O)[C@]12CCC(C)(C)C[C@H]1C1=CC[C@@H]3[C@@]4(C)C[C@H](O)[C@H](O[C@@H]5O[C@H](CO)[C@@H](O)[C@H](O)[C@H]5O[C@@H]5O[C@H](CO)[C@@H](O)[C@H](O)[C@H]5O)[C@@](C)(C(=O)O)[C@@H]4CC[C@@]3(C)[C@]1(CO)CC2. The van der Waals surface area contributed by atoms with E-state index >= 15 is 0 Å². The highest BCUT2D eigenvalue weighted by atomic mass is 16.8. The molecule has 2 saturated heterocycles. The van der Waals surface area contributed by atoms with Gasteiger partial charge in [0.05, 0.1) is 31.3 Å². The average Bonchev–Trinajstić information content (AvgIpc) is 3.18. The number of allylic oxidation sites excluding steroid dienone is 1. The second-order valence-corrected chi connectivity index (χ2v) is 20.8. The lowest BCUT2D eigenvalue weighted by Gasteiger charge is -2.71. The van der Waals surface area contributed by atoms with E-state index in [1.165, 1.54) is 6.92 Å². The molecule has 0 bridgehead atoms. The van der Waals surface area contributed by atoms with Crippen molar-refractivity contribution in [2.75, 3.05) is 19.8 Å². The van der Waals surface area contributed by atoms with Crippen LogP contribution in [0.2, 0.25) is 0 Å². The number of hydrogen-bond donors (Lipinski definition) is 10. The molecule has 0 spiro atoms. The molecule has 6 fully saturated rings. The molecule has 16 heteroatoms. The van der Waals surface area contributed by atoms with Crippen LogP contribution in [0, 0.1) is 50.2 Å². The first kappa shape index (κ1) is 45.4. The molecule has 0 aromatic rings. The lowest BCUT2D eigenvalue weighted by Crippen LogP contribution is -2.71. The first-order valence-corrected chi connectivity index (χ1v) is 21.5. The maximum Gasteiger partial charge on any atom is 0.312 e. The van der Waals surface area contributed by atoms with E-state index in [9.17, 15) is 60.7 Å². The number of carbonyl (C=O) groups excluding carboxylic acids is 1. The van der Waals surface area contributed by atoms with E-state index in [0.29, 0.717) is 32.1 Å². The zero-order valence-corrected chi connectivity index (χ0v) is 35.1. The third-order valence-corrected chi connectivity index (χ3v) is 17.6. The molecule has 336 valence electrons. The van der Waals surface area contributed by atoms with Gasteiger partial charge in [-0.05, 0) is 106 Å². The van der Waals surface area contributed by atoms with Crippen LogP contribution in [-0.2, 0) is 28.5 Å². The molecule has 10 N–H and O–H groups in total. The van der Waals surface area contributed by atoms with E-state index < -0.39 is 126 Å². The van der Waals surface area contributed by atoms with E-state index in [-0.39, 0.29) is 36.1 Å². The zero-order chi connectivity index (χ0) is 43.4. The Morgan fingerprint density at radius 2 is 1.36 bits per heavy atom. The normalized spacial score (nSPS) is 53.2. The molecule has 2 heterocycles. The Labute approximate surface area is 345 Å². The van der Waals surface area contributed by atoms with E-state index in [0.717, 1.165) is 24.8 Å². The highest BCUT2D eigenvalue weighted by molar-refractivity contribution is 5.84. The highest BCUT2D eigenvalue weighted by Crippen LogP contribution is 2.76. The first-order valence-electron chi connectivity index (χ1n) is 21.5. The fourth-order valence-electron chi connectivity index (χ4n) is 14.1. The van der Waals surface area contributed by atoms with Crippen molar-refractivity contribution in [3.8, 4) is 0 Å². The van der Waals surface area contributed by atoms with Crippen LogP contribution in [-0.4, -0.2) is 156 Å². The molecular weight excluding hydrogens is 772 g/mol. The summed E-state index contributed by atoms with van der Waals surface area (Å²) in [5.41, 5.74) is -3.06. The minimum absolute atomic E-state index is 0.0163. The van der Waals surface area contributed by atoms with Crippen molar-refractivity contribution in [2.24, 2.45) is 50.2 Å². The van der Waals surface area contributed by atoms with Crippen LogP contribution >= 0.6 is 0 Å². The van der Waals surface area contributed by atoms with Gasteiger partial charge in [0.2, 0.25) is 0 Å². The number of rotatable bonds is 9. The molecule has 0 unspecified atom stereocenters. The Morgan fingerprint density at radius 3 is 1.95 bits per heavy atom. The third-order valence-electron chi connectivity index (χ3n) is 17.6. The van der Waals surface area contributed by atoms with E-state index in [4.69, 9.17) is 18.9 Å². The number of Topliss-reactive ketones (excluding diaryl/α,β-unsaturated/α-hetero) is 1. The molecule has 2 aliphatic heterocycles. The average molecular weight is 841 g/mol. The summed E-state index contributed by atoms with van der Waals surface area (Å²) in [5, 5.41) is 109. The largest absolute Gasteiger partial charge is 0.481 e. The lowest BCUT2D eigenvalue weighted by molar-refractivity contribution is -0.382. The number of carbonyl (C=O) groups is 2. The van der Waals surface area contributed by atoms with Crippen LogP contribution in [0.5, 0.6) is 0 Å². The number of aliphatic hydroxyl groups is 9. The summed E-state index contributed by atoms with van der Waals surface area (Å²) in [6.07, 6.45) is -12.4. The standard InChI is InChI=1S/C43H68O16/c1-20(47)42-12-11-38(2,3)15-22(42)21-7-8-26-39(4)16-23(48)34(41(6,37(54)55)27(39)9-10-40(26,5)43(21,19-46)14-13-42)59-36-33(31(52)29(50)25(18-45)57-36)58-35-32(53)30(51)28(49)24(17-44)56-35/h7,22-36,44-46,48-53H,8-19H2,1-6H3,(H,54,55)/t22-,23-,24+,25+,26+,27+,28+,29+,30-,31-,32+,33+,34-,35-,36-,39+,40+,41-,42+,43-/m0/s1. The topological polar surface area (TPSA) is 273 Å². The highest BCUT2D eigenvalue weighted by Gasteiger charge is 2.73. The monoisotopic (exact) mass is 840 g/mol. The molecule has 4 saturated carbocycles. The predicted octanol–water partition coefficient (Wildman–Crippen LogP) is 0.394. The number of ketones is 1. The Bertz CT molecular complexity index is 1640. The van der Waals surface area contributed by atoms with Crippen LogP contribution in [0.15, 0.2) is 11.6 Å². The second kappa shape index (κ2) is 15.6. The predicted molar refractivity (Wildman–Crippen MR) is 206 cm³/mol. The van der Waals surface area contributed by atoms with Gasteiger partial charge in [0.1, 0.15) is 60.7 Å². The van der Waals surface area contributed by atoms with Gasteiger partial charge in [-0.3, -0.25) is 9.59 Å². The minimum atomic E-state index is -1.91. The van der Waals surface area contributed by atoms with E-state index in [2.05, 4.69) is 26.8 Å². The van der Waals surface area contributed by atoms with Crippen molar-refractivity contribution >= 4 is 11.8 Å². The van der Waals surface area contributed by atoms with Crippen LogP contribution < -0.4 is 0 Å². The Hall–Kier alpha value is -1.64. The van der Waals surface area contributed by atoms with Gasteiger partial charge in [0, 0.05) is 10.8 Å². The van der Waals surface area contributed by atoms with Crippen molar-refractivity contribution in [1.29, 1.82) is 0 Å². The maximum atomic E-state index is 13.8. The molecule has 0 radical (unpaired) electrons. The Morgan fingerprint density at radius 1 is 0.746 bits per heavy atom. The summed E-state index contributed by atoms with van der Waals surface area (Å²) in [5.74, 6) is -1.83. The van der Waals surface area contributed by atoms with E-state index in [1.807, 2.05) is 6.92 Å². The number of hydrogen-bond acceptors (Lipinski definition) is 15. The molecule has 20 atom stereocenters. The number of carboxylic acid groups (broad SMARTS) is 1. The molecule has 7 rings (SSSR count). The smallest absolute Gasteiger partial charge is 0.312 e. The van der Waals surface area contributed by atoms with Crippen molar-refractivity contribution in [1.82, 2.24) is 0 Å². The van der Waals surface area contributed by atoms with Gasteiger partial charge in [-0.15, -0.1) is 0 Å². The number of aliphatic hydroxyl groups excluding tert-OH is 9. The van der Waals surface area contributed by atoms with Crippen LogP contribution in [0.4, 0.5) is 0 Å². The maximum absolute atomic E-state index is 13.8. The number of carboxylic acids is 1. The molecule has 0 aromatic heterocycles. The quantitative estimate of drug-likeness (QED) is 0.111. The summed E-state index contributed by atoms with van der Waals surface area (Å²) in [4.78, 5) is 27.3. The summed E-state index contributed by atoms with van der Waals surface area (Å²) in [6, 6.07) is 0. The van der Waals surface area contributed by atoms with Crippen molar-refractivity contribution in [2.45, 2.75) is 173 Å². The minimum Gasteiger partial charge on any atom is -0.481 e. The molecular formula is C43H68O16. The lowest BCUT2D eigenvalue weighted by atomic mass is 9.33. The summed E-state index contributed by atoms with van der Waals surface area (Å²) >= 11 is 0. The molecule has 0 amide bonds. The van der Waals surface area contributed by atoms with Gasteiger partial charge >= 0.3 is 5.97 Å². The van der Waals surface area contributed by atoms with E-state index in [1.54, 1.807) is 6.92 Å². The summed E-state index contributed by atoms with van der Waals surface area (Å²) in [6.45, 7) is 10.3. The summed E-state index contributed by atoms with van der Waals surface area (Å²) in [7, 11) is 0. The Kier molecular flexibility index (Phi) is 12.0. The molecule has 0 aromatic carbocycles. The summed E-state index contributed by atoms with van der Waals surface area (Å²) < 4.78 is 23.7. The van der Waals surface area contributed by atoms with Crippen LogP contribution in [0.1, 0.15) is 99.3 Å². The zero-order valence-electron chi connectivity index (χ0n) is 35.1. The molecule has 5 aliphatic carbocycles. The fraction of sp³-hybridized carbons (Fsp3) is 0.907. The van der Waals surface area contributed by atoms with Crippen molar-refractivity contribution in [3.63, 3.8) is 0 Å². The van der Waals surface area contributed by atoms with Gasteiger partial charge in [-0.2, -0.15) is 0 Å². The second-order valence-electron chi connectivity index (χ2n) is 20.8. The third kappa shape index (κ3) is 6.56. The number of aliphatic carboxylic acids is 1. The first-order chi connectivity index (χ1) is 27.5. The van der Waals surface area contributed by atoms with Crippen LogP contribution in [0.25, 0.3) is 0 Å². The molecule has 16 nitrogen and oxygen atoms in total. The van der Waals surface area contributed by atoms with Gasteiger partial charge in [0.15, 0.2) is 12.6 Å². The number of ether oxygens (including phenoxy) is 4. The fourth-order valence-corrected chi connectivity index (χ4v) is 14.1. The van der Waals surface area contributed by atoms with Crippen molar-refractivity contribution < 1.29 is 79.6 Å². The van der Waals surface area contributed by atoms with Gasteiger partial charge in [0.25, 0.3) is 0 Å². The van der Waals surface area contributed by atoms with Crippen molar-refractivity contribution in [3.05, 3.63) is 11.6 Å². The molecule has 59 heavy (non-hydrogen) atoms.